The van der Waals surface area contributed by atoms with Crippen molar-refractivity contribution < 1.29 is 13.9 Å². The molecule has 1 aromatic rings. The van der Waals surface area contributed by atoms with Crippen LogP contribution in [0.3, 0.4) is 0 Å². The number of carbonyl (C=O) groups is 1. The Balaban J connectivity index is 0.00000208. The van der Waals surface area contributed by atoms with Crippen molar-refractivity contribution in [3.63, 3.8) is 0 Å². The molecule has 4 nitrogen and oxygen atoms in total. The SMILES string of the molecule is Cl.NC[C@H]1CCC[C@H]1C(=O)N1CCC(Oc2ccc(F)cc2)CC1. The number of likely N-dealkylation sites (tertiary alicyclic amines) is 1. The number of hydrogen-bond donors (Lipinski definition) is 1. The molecule has 1 saturated carbocycles. The van der Waals surface area contributed by atoms with Crippen molar-refractivity contribution in [3.8, 4) is 5.75 Å². The first-order valence-corrected chi connectivity index (χ1v) is 8.58. The normalized spacial score (nSPS) is 24.5. The summed E-state index contributed by atoms with van der Waals surface area (Å²) in [6.45, 7) is 2.08. The number of nitrogens with two attached hydrogens (primary N) is 1. The van der Waals surface area contributed by atoms with Crippen molar-refractivity contribution in [1.82, 2.24) is 4.90 Å². The Morgan fingerprint density at radius 2 is 1.83 bits per heavy atom. The second-order valence-electron chi connectivity index (χ2n) is 6.63. The number of ether oxygens (including phenoxy) is 1. The summed E-state index contributed by atoms with van der Waals surface area (Å²) in [6.07, 6.45) is 4.91. The number of nitrogens with zero attached hydrogens (tertiary/aromatic N) is 1. The molecule has 2 N–H and O–H groups in total. The fraction of sp³-hybridized carbons (Fsp3) is 0.611. The van der Waals surface area contributed by atoms with Gasteiger partial charge in [0.2, 0.25) is 5.91 Å². The highest BCUT2D eigenvalue weighted by Crippen LogP contribution is 2.33. The van der Waals surface area contributed by atoms with Crippen molar-refractivity contribution in [2.45, 2.75) is 38.2 Å². The molecule has 134 valence electrons. The number of piperidine rings is 1. The van der Waals surface area contributed by atoms with Crippen LogP contribution >= 0.6 is 12.4 Å². The number of halogens is 2. The molecule has 0 aromatic heterocycles. The van der Waals surface area contributed by atoms with Gasteiger partial charge in [0, 0.05) is 31.8 Å². The van der Waals surface area contributed by atoms with E-state index in [1.807, 2.05) is 4.90 Å². The van der Waals surface area contributed by atoms with Gasteiger partial charge in [0.15, 0.2) is 0 Å². The lowest BCUT2D eigenvalue weighted by molar-refractivity contribution is -0.138. The van der Waals surface area contributed by atoms with E-state index >= 15 is 0 Å². The van der Waals surface area contributed by atoms with E-state index in [0.717, 1.165) is 45.2 Å². The molecule has 24 heavy (non-hydrogen) atoms. The topological polar surface area (TPSA) is 55.6 Å². The van der Waals surface area contributed by atoms with Gasteiger partial charge in [-0.3, -0.25) is 4.79 Å². The molecule has 1 saturated heterocycles. The zero-order valence-electron chi connectivity index (χ0n) is 13.8. The minimum absolute atomic E-state index is 0. The van der Waals surface area contributed by atoms with E-state index in [0.29, 0.717) is 18.2 Å². The molecule has 3 rings (SSSR count). The zero-order chi connectivity index (χ0) is 16.2. The lowest BCUT2D eigenvalue weighted by Crippen LogP contribution is -2.45. The predicted octanol–water partition coefficient (Wildman–Crippen LogP) is 2.99. The second-order valence-corrected chi connectivity index (χ2v) is 6.63. The molecule has 0 unspecified atom stereocenters. The van der Waals surface area contributed by atoms with Gasteiger partial charge in [0.25, 0.3) is 0 Å². The number of amides is 1. The Kier molecular flexibility index (Phi) is 6.87. The molecule has 6 heteroatoms. The molecule has 1 heterocycles. The van der Waals surface area contributed by atoms with Crippen molar-refractivity contribution >= 4 is 18.3 Å². The van der Waals surface area contributed by atoms with Gasteiger partial charge in [-0.25, -0.2) is 4.39 Å². The third kappa shape index (κ3) is 4.39. The summed E-state index contributed by atoms with van der Waals surface area (Å²) in [6, 6.07) is 6.11. The minimum atomic E-state index is -0.260. The Labute approximate surface area is 148 Å². The van der Waals surface area contributed by atoms with Gasteiger partial charge < -0.3 is 15.4 Å². The highest BCUT2D eigenvalue weighted by molar-refractivity contribution is 5.85. The summed E-state index contributed by atoms with van der Waals surface area (Å²) in [5, 5.41) is 0. The molecule has 0 radical (unpaired) electrons. The van der Waals surface area contributed by atoms with Crippen LogP contribution in [0.2, 0.25) is 0 Å². The van der Waals surface area contributed by atoms with Gasteiger partial charge in [-0.05, 0) is 49.6 Å². The van der Waals surface area contributed by atoms with Crippen molar-refractivity contribution in [2.24, 2.45) is 17.6 Å². The summed E-state index contributed by atoms with van der Waals surface area (Å²) >= 11 is 0. The number of benzene rings is 1. The molecule has 0 spiro atoms. The number of rotatable bonds is 4. The van der Waals surface area contributed by atoms with Gasteiger partial charge in [0.1, 0.15) is 17.7 Å². The molecule has 0 bridgehead atoms. The standard InChI is InChI=1S/C18H25FN2O2.ClH/c19-14-4-6-15(7-5-14)23-16-8-10-21(11-9-16)18(22)17-3-1-2-13(17)12-20;/h4-7,13,16-17H,1-3,8-12,20H2;1H/t13-,17-;/m1./s1. The molecule has 1 amide bonds. The molecule has 2 atom stereocenters. The number of carbonyl (C=O) groups excluding carboxylic acids is 1. The first-order valence-electron chi connectivity index (χ1n) is 8.58. The maximum Gasteiger partial charge on any atom is 0.226 e. The van der Waals surface area contributed by atoms with Crippen LogP contribution in [0.1, 0.15) is 32.1 Å². The number of hydrogen-bond acceptors (Lipinski definition) is 3. The summed E-state index contributed by atoms with van der Waals surface area (Å²) in [5.41, 5.74) is 5.79. The van der Waals surface area contributed by atoms with Crippen molar-refractivity contribution in [3.05, 3.63) is 30.1 Å². The van der Waals surface area contributed by atoms with E-state index < -0.39 is 0 Å². The van der Waals surface area contributed by atoms with Crippen LogP contribution in [-0.4, -0.2) is 36.5 Å². The third-order valence-electron chi connectivity index (χ3n) is 5.15. The molecule has 2 aliphatic rings. The van der Waals surface area contributed by atoms with Crippen LogP contribution in [0.15, 0.2) is 24.3 Å². The smallest absolute Gasteiger partial charge is 0.226 e. The largest absolute Gasteiger partial charge is 0.490 e. The van der Waals surface area contributed by atoms with E-state index in [4.69, 9.17) is 10.5 Å². The van der Waals surface area contributed by atoms with Gasteiger partial charge in [0.05, 0.1) is 0 Å². The van der Waals surface area contributed by atoms with Crippen molar-refractivity contribution in [1.29, 1.82) is 0 Å². The van der Waals surface area contributed by atoms with E-state index in [-0.39, 0.29) is 36.2 Å². The Morgan fingerprint density at radius 1 is 1.17 bits per heavy atom. The van der Waals surface area contributed by atoms with Gasteiger partial charge in [-0.1, -0.05) is 6.42 Å². The highest BCUT2D eigenvalue weighted by atomic mass is 35.5. The maximum atomic E-state index is 12.9. The molecule has 1 aliphatic carbocycles. The second kappa shape index (κ2) is 8.67. The van der Waals surface area contributed by atoms with E-state index in [2.05, 4.69) is 0 Å². The quantitative estimate of drug-likeness (QED) is 0.902. The molecule has 2 fully saturated rings. The summed E-state index contributed by atoms with van der Waals surface area (Å²) in [4.78, 5) is 14.6. The van der Waals surface area contributed by atoms with Crippen LogP contribution in [0, 0.1) is 17.7 Å². The summed E-state index contributed by atoms with van der Waals surface area (Å²) in [5.74, 6) is 1.18. The lowest BCUT2D eigenvalue weighted by Gasteiger charge is -2.34. The van der Waals surface area contributed by atoms with E-state index in [1.54, 1.807) is 12.1 Å². The minimum Gasteiger partial charge on any atom is -0.490 e. The van der Waals surface area contributed by atoms with Crippen LogP contribution in [0.25, 0.3) is 0 Å². The molecule has 1 aliphatic heterocycles. The summed E-state index contributed by atoms with van der Waals surface area (Å²) in [7, 11) is 0. The average molecular weight is 357 g/mol. The van der Waals surface area contributed by atoms with Crippen LogP contribution in [-0.2, 0) is 4.79 Å². The fourth-order valence-electron chi connectivity index (χ4n) is 3.78. The lowest BCUT2D eigenvalue weighted by atomic mass is 9.93. The Morgan fingerprint density at radius 3 is 2.46 bits per heavy atom. The van der Waals surface area contributed by atoms with Crippen LogP contribution in [0.5, 0.6) is 5.75 Å². The van der Waals surface area contributed by atoms with E-state index in [1.165, 1.54) is 12.1 Å². The fourth-order valence-corrected chi connectivity index (χ4v) is 3.78. The average Bonchev–Trinajstić information content (AvgIpc) is 3.06. The maximum absolute atomic E-state index is 12.9. The molecular formula is C18H26ClFN2O2. The Bertz CT molecular complexity index is 532. The molecule has 1 aromatic carbocycles. The molecular weight excluding hydrogens is 331 g/mol. The van der Waals surface area contributed by atoms with Gasteiger partial charge in [-0.2, -0.15) is 0 Å². The first kappa shape index (κ1) is 19.0. The first-order chi connectivity index (χ1) is 11.2. The van der Waals surface area contributed by atoms with Gasteiger partial charge in [-0.15, -0.1) is 12.4 Å². The van der Waals surface area contributed by atoms with Gasteiger partial charge >= 0.3 is 0 Å². The zero-order valence-corrected chi connectivity index (χ0v) is 14.6. The summed E-state index contributed by atoms with van der Waals surface area (Å²) < 4.78 is 18.8. The van der Waals surface area contributed by atoms with Crippen LogP contribution < -0.4 is 10.5 Å². The van der Waals surface area contributed by atoms with Crippen molar-refractivity contribution in [2.75, 3.05) is 19.6 Å². The highest BCUT2D eigenvalue weighted by Gasteiger charge is 2.36. The third-order valence-corrected chi connectivity index (χ3v) is 5.15. The van der Waals surface area contributed by atoms with Crippen LogP contribution in [0.4, 0.5) is 4.39 Å². The predicted molar refractivity (Wildman–Crippen MR) is 93.8 cm³/mol. The van der Waals surface area contributed by atoms with E-state index in [9.17, 15) is 9.18 Å². The monoisotopic (exact) mass is 356 g/mol. The Hall–Kier alpha value is -1.33.